The zero-order valence-electron chi connectivity index (χ0n) is 7.32. The highest BCUT2D eigenvalue weighted by molar-refractivity contribution is 8.00. The molecule has 5 nitrogen and oxygen atoms in total. The first kappa shape index (κ1) is 10.1. The smallest absolute Gasteiger partial charge is 0.354 e. The SMILES string of the molecule is O=C(O)c1cccc(Sc2ncns2)n1. The number of hydrogen-bond donors (Lipinski definition) is 1. The summed E-state index contributed by atoms with van der Waals surface area (Å²) in [4.78, 5) is 18.6. The standard InChI is InChI=1S/C8H5N3O2S2/c12-7(13)5-2-1-3-6(11-5)14-8-9-4-10-15-8/h1-4H,(H,12,13). The first-order chi connectivity index (χ1) is 7.25. The van der Waals surface area contributed by atoms with Crippen LogP contribution >= 0.6 is 23.3 Å². The predicted molar refractivity (Wildman–Crippen MR) is 55.2 cm³/mol. The lowest BCUT2D eigenvalue weighted by atomic mass is 10.4. The van der Waals surface area contributed by atoms with Gasteiger partial charge >= 0.3 is 5.97 Å². The fourth-order valence-electron chi connectivity index (χ4n) is 0.888. The van der Waals surface area contributed by atoms with E-state index >= 15 is 0 Å². The van der Waals surface area contributed by atoms with Gasteiger partial charge in [-0.2, -0.15) is 4.37 Å². The first-order valence-corrected chi connectivity index (χ1v) is 5.49. The molecular formula is C8H5N3O2S2. The summed E-state index contributed by atoms with van der Waals surface area (Å²) in [6.07, 6.45) is 1.45. The number of nitrogens with zero attached hydrogens (tertiary/aromatic N) is 3. The fraction of sp³-hybridized carbons (Fsp3) is 0. The van der Waals surface area contributed by atoms with E-state index in [0.29, 0.717) is 5.03 Å². The minimum atomic E-state index is -1.03. The van der Waals surface area contributed by atoms with Crippen LogP contribution in [-0.2, 0) is 0 Å². The van der Waals surface area contributed by atoms with Gasteiger partial charge in [0.05, 0.1) is 0 Å². The number of aromatic nitrogens is 3. The van der Waals surface area contributed by atoms with Crippen molar-refractivity contribution in [3.8, 4) is 0 Å². The quantitative estimate of drug-likeness (QED) is 0.879. The third kappa shape index (κ3) is 2.51. The van der Waals surface area contributed by atoms with Gasteiger partial charge in [-0.25, -0.2) is 14.8 Å². The van der Waals surface area contributed by atoms with Crippen LogP contribution in [0, 0.1) is 0 Å². The number of carboxylic acids is 1. The van der Waals surface area contributed by atoms with Crippen LogP contribution in [0.25, 0.3) is 0 Å². The van der Waals surface area contributed by atoms with Gasteiger partial charge in [-0.05, 0) is 35.4 Å². The maximum atomic E-state index is 10.7. The van der Waals surface area contributed by atoms with Crippen molar-refractivity contribution in [3.63, 3.8) is 0 Å². The maximum absolute atomic E-state index is 10.7. The highest BCUT2D eigenvalue weighted by atomic mass is 32.2. The molecule has 0 spiro atoms. The molecule has 0 aliphatic heterocycles. The predicted octanol–water partition coefficient (Wildman–Crippen LogP) is 1.78. The molecule has 2 rings (SSSR count). The van der Waals surface area contributed by atoms with Gasteiger partial charge in [0.15, 0.2) is 4.34 Å². The lowest BCUT2D eigenvalue weighted by Crippen LogP contribution is -1.99. The summed E-state index contributed by atoms with van der Waals surface area (Å²) in [5.41, 5.74) is 0.0320. The first-order valence-electron chi connectivity index (χ1n) is 3.90. The van der Waals surface area contributed by atoms with Crippen molar-refractivity contribution >= 4 is 29.3 Å². The Morgan fingerprint density at radius 1 is 1.47 bits per heavy atom. The van der Waals surface area contributed by atoms with Gasteiger partial charge in [0.25, 0.3) is 0 Å². The van der Waals surface area contributed by atoms with Crippen LogP contribution in [0.2, 0.25) is 0 Å². The molecule has 7 heteroatoms. The zero-order valence-corrected chi connectivity index (χ0v) is 8.96. The Kier molecular flexibility index (Phi) is 2.93. The van der Waals surface area contributed by atoms with Crippen molar-refractivity contribution in [3.05, 3.63) is 30.2 Å². The van der Waals surface area contributed by atoms with Crippen LogP contribution in [0.1, 0.15) is 10.5 Å². The Balaban J connectivity index is 2.22. The van der Waals surface area contributed by atoms with Gasteiger partial charge in [0, 0.05) is 0 Å². The Hall–Kier alpha value is -1.47. The van der Waals surface area contributed by atoms with Crippen LogP contribution in [0.15, 0.2) is 33.9 Å². The topological polar surface area (TPSA) is 76.0 Å². The number of carboxylic acid groups (broad SMARTS) is 1. The normalized spacial score (nSPS) is 10.1. The molecule has 76 valence electrons. The van der Waals surface area contributed by atoms with Crippen molar-refractivity contribution in [1.29, 1.82) is 0 Å². The van der Waals surface area contributed by atoms with E-state index in [9.17, 15) is 4.79 Å². The Bertz CT molecular complexity index is 472. The van der Waals surface area contributed by atoms with E-state index in [1.807, 2.05) is 0 Å². The lowest BCUT2D eigenvalue weighted by molar-refractivity contribution is 0.0689. The third-order valence-electron chi connectivity index (χ3n) is 1.48. The Morgan fingerprint density at radius 2 is 2.33 bits per heavy atom. The van der Waals surface area contributed by atoms with Crippen molar-refractivity contribution in [2.24, 2.45) is 0 Å². The second kappa shape index (κ2) is 4.37. The maximum Gasteiger partial charge on any atom is 0.354 e. The van der Waals surface area contributed by atoms with Crippen molar-refractivity contribution < 1.29 is 9.90 Å². The summed E-state index contributed by atoms with van der Waals surface area (Å²) in [5.74, 6) is -1.03. The zero-order chi connectivity index (χ0) is 10.7. The largest absolute Gasteiger partial charge is 0.477 e. The van der Waals surface area contributed by atoms with Crippen molar-refractivity contribution in [1.82, 2.24) is 14.3 Å². The van der Waals surface area contributed by atoms with E-state index in [2.05, 4.69) is 14.3 Å². The minimum absolute atomic E-state index is 0.0320. The summed E-state index contributed by atoms with van der Waals surface area (Å²) >= 11 is 2.54. The van der Waals surface area contributed by atoms with Gasteiger partial charge in [-0.15, -0.1) is 0 Å². The van der Waals surface area contributed by atoms with Gasteiger partial charge in [-0.1, -0.05) is 6.07 Å². The molecule has 15 heavy (non-hydrogen) atoms. The molecule has 0 fully saturated rings. The number of aromatic carboxylic acids is 1. The average Bonchev–Trinajstić information content (AvgIpc) is 2.71. The summed E-state index contributed by atoms with van der Waals surface area (Å²) in [6.45, 7) is 0. The van der Waals surface area contributed by atoms with Gasteiger partial charge < -0.3 is 5.11 Å². The van der Waals surface area contributed by atoms with E-state index < -0.39 is 5.97 Å². The lowest BCUT2D eigenvalue weighted by Gasteiger charge is -1.97. The molecule has 0 aliphatic rings. The fourth-order valence-corrected chi connectivity index (χ4v) is 2.27. The summed E-state index contributed by atoms with van der Waals surface area (Å²) in [7, 11) is 0. The average molecular weight is 239 g/mol. The van der Waals surface area contributed by atoms with E-state index in [4.69, 9.17) is 5.11 Å². The van der Waals surface area contributed by atoms with Crippen LogP contribution in [0.4, 0.5) is 0 Å². The van der Waals surface area contributed by atoms with Crippen LogP contribution < -0.4 is 0 Å². The van der Waals surface area contributed by atoms with E-state index in [1.165, 1.54) is 35.7 Å². The van der Waals surface area contributed by atoms with Gasteiger partial charge in [0.1, 0.15) is 17.0 Å². The molecule has 1 N–H and O–H groups in total. The second-order valence-corrected chi connectivity index (χ2v) is 4.52. The van der Waals surface area contributed by atoms with Crippen LogP contribution in [0.3, 0.4) is 0 Å². The molecular weight excluding hydrogens is 234 g/mol. The molecule has 0 aromatic carbocycles. The molecule has 0 bridgehead atoms. The molecule has 2 aromatic rings. The van der Waals surface area contributed by atoms with Gasteiger partial charge in [0.2, 0.25) is 0 Å². The number of rotatable bonds is 3. The van der Waals surface area contributed by atoms with Gasteiger partial charge in [-0.3, -0.25) is 0 Å². The molecule has 0 saturated heterocycles. The number of pyridine rings is 1. The summed E-state index contributed by atoms with van der Waals surface area (Å²) in [6, 6.07) is 4.84. The second-order valence-electron chi connectivity index (χ2n) is 2.48. The highest BCUT2D eigenvalue weighted by Gasteiger charge is 2.07. The van der Waals surface area contributed by atoms with E-state index in [1.54, 1.807) is 12.1 Å². The van der Waals surface area contributed by atoms with Crippen molar-refractivity contribution in [2.75, 3.05) is 0 Å². The molecule has 0 unspecified atom stereocenters. The Morgan fingerprint density at radius 3 is 3.00 bits per heavy atom. The molecule has 0 radical (unpaired) electrons. The molecule has 2 aromatic heterocycles. The Labute approximate surface area is 93.4 Å². The van der Waals surface area contributed by atoms with E-state index in [-0.39, 0.29) is 5.69 Å². The summed E-state index contributed by atoms with van der Waals surface area (Å²) < 4.78 is 4.58. The monoisotopic (exact) mass is 239 g/mol. The number of hydrogen-bond acceptors (Lipinski definition) is 6. The molecule has 0 saturated carbocycles. The third-order valence-corrected chi connectivity index (χ3v) is 3.13. The van der Waals surface area contributed by atoms with Crippen molar-refractivity contribution in [2.45, 2.75) is 9.37 Å². The van der Waals surface area contributed by atoms with Crippen LogP contribution in [-0.4, -0.2) is 25.4 Å². The molecule has 0 amide bonds. The highest BCUT2D eigenvalue weighted by Crippen LogP contribution is 2.26. The van der Waals surface area contributed by atoms with Crippen LogP contribution in [0.5, 0.6) is 0 Å². The summed E-state index contributed by atoms with van der Waals surface area (Å²) in [5, 5.41) is 9.34. The molecule has 0 aliphatic carbocycles. The molecule has 2 heterocycles. The molecule has 0 atom stereocenters. The minimum Gasteiger partial charge on any atom is -0.477 e. The number of carbonyl (C=O) groups is 1. The van der Waals surface area contributed by atoms with E-state index in [0.717, 1.165) is 4.34 Å².